The Morgan fingerprint density at radius 3 is 2.07 bits per heavy atom. The number of hydroxylamine groups is 1. The van der Waals surface area contributed by atoms with E-state index in [2.05, 4.69) is 0 Å². The lowest BCUT2D eigenvalue weighted by atomic mass is 9.98. The highest BCUT2D eigenvalue weighted by Crippen LogP contribution is 2.36. The molecule has 1 heterocycles. The van der Waals surface area contributed by atoms with Crippen LogP contribution >= 0.6 is 23.4 Å². The number of carbonyl (C=O) groups is 1. The van der Waals surface area contributed by atoms with Gasteiger partial charge in [0.05, 0.1) is 4.90 Å². The molecule has 27 heavy (non-hydrogen) atoms. The van der Waals surface area contributed by atoms with E-state index in [1.807, 2.05) is 12.1 Å². The van der Waals surface area contributed by atoms with E-state index in [-0.39, 0.29) is 31.0 Å². The highest BCUT2D eigenvalue weighted by atomic mass is 35.5. The van der Waals surface area contributed by atoms with Crippen LogP contribution in [0.15, 0.2) is 63.2 Å². The van der Waals surface area contributed by atoms with Gasteiger partial charge in [0.2, 0.25) is 0 Å². The van der Waals surface area contributed by atoms with Gasteiger partial charge in [0.25, 0.3) is 5.91 Å². The molecule has 3 rings (SSSR count). The summed E-state index contributed by atoms with van der Waals surface area (Å²) in [6.07, 6.45) is -0.0218. The van der Waals surface area contributed by atoms with Crippen LogP contribution in [0, 0.1) is 0 Å². The van der Waals surface area contributed by atoms with Crippen LogP contribution in [-0.2, 0) is 19.4 Å². The summed E-state index contributed by atoms with van der Waals surface area (Å²) in [4.78, 5) is 14.1. The fourth-order valence-corrected chi connectivity index (χ4v) is 5.85. The number of halogens is 1. The Bertz CT molecular complexity index is 908. The highest BCUT2D eigenvalue weighted by molar-refractivity contribution is 7.99. The Kier molecular flexibility index (Phi) is 6.12. The van der Waals surface area contributed by atoms with Gasteiger partial charge in [0.1, 0.15) is 0 Å². The van der Waals surface area contributed by atoms with E-state index in [1.165, 1.54) is 29.4 Å². The molecule has 0 aromatic heterocycles. The molecule has 1 amide bonds. The number of rotatable bonds is 5. The van der Waals surface area contributed by atoms with Crippen molar-refractivity contribution in [3.63, 3.8) is 0 Å². The average molecular weight is 428 g/mol. The monoisotopic (exact) mass is 427 g/mol. The quantitative estimate of drug-likeness (QED) is 0.561. The fourth-order valence-electron chi connectivity index (χ4n) is 2.97. The van der Waals surface area contributed by atoms with E-state index in [1.54, 1.807) is 24.3 Å². The van der Waals surface area contributed by atoms with Gasteiger partial charge in [-0.15, -0.1) is 0 Å². The molecular weight excluding hydrogens is 410 g/mol. The molecule has 144 valence electrons. The molecule has 2 N–H and O–H groups in total. The number of hydrogen-bond donors (Lipinski definition) is 2. The van der Waals surface area contributed by atoms with Crippen molar-refractivity contribution < 1.29 is 23.2 Å². The highest BCUT2D eigenvalue weighted by Gasteiger charge is 2.52. The molecule has 0 unspecified atom stereocenters. The smallest absolute Gasteiger partial charge is 0.265 e. The van der Waals surface area contributed by atoms with Crippen molar-refractivity contribution in [3.8, 4) is 0 Å². The van der Waals surface area contributed by atoms with Crippen molar-refractivity contribution in [2.45, 2.75) is 32.3 Å². The topological polar surface area (TPSA) is 92.7 Å². The van der Waals surface area contributed by atoms with Gasteiger partial charge in [-0.1, -0.05) is 23.4 Å². The summed E-state index contributed by atoms with van der Waals surface area (Å²) in [5, 5.41) is 9.72. The van der Waals surface area contributed by atoms with Crippen LogP contribution < -0.4 is 5.48 Å². The van der Waals surface area contributed by atoms with Gasteiger partial charge in [-0.2, -0.15) is 0 Å². The van der Waals surface area contributed by atoms with E-state index in [9.17, 15) is 13.2 Å². The predicted molar refractivity (Wildman–Crippen MR) is 102 cm³/mol. The average Bonchev–Trinajstić information content (AvgIpc) is 2.70. The molecule has 2 aromatic rings. The van der Waals surface area contributed by atoms with Crippen LogP contribution in [0.1, 0.15) is 12.8 Å². The first-order valence-corrected chi connectivity index (χ1v) is 10.9. The molecule has 0 radical (unpaired) electrons. The summed E-state index contributed by atoms with van der Waals surface area (Å²) >= 11 is 7.34. The second-order valence-electron chi connectivity index (χ2n) is 6.08. The lowest BCUT2D eigenvalue weighted by molar-refractivity contribution is -0.134. The largest absolute Gasteiger partial charge is 0.381 e. The van der Waals surface area contributed by atoms with Gasteiger partial charge in [-0.3, -0.25) is 10.0 Å². The second kappa shape index (κ2) is 8.20. The van der Waals surface area contributed by atoms with Crippen molar-refractivity contribution in [1.82, 2.24) is 5.48 Å². The third kappa shape index (κ3) is 4.00. The van der Waals surface area contributed by atoms with E-state index < -0.39 is 20.5 Å². The first kappa shape index (κ1) is 20.2. The zero-order chi connectivity index (χ0) is 19.5. The molecule has 9 heteroatoms. The Morgan fingerprint density at radius 2 is 1.56 bits per heavy atom. The van der Waals surface area contributed by atoms with Crippen LogP contribution in [0.4, 0.5) is 0 Å². The summed E-state index contributed by atoms with van der Waals surface area (Å²) in [5.41, 5.74) is 1.51. The molecule has 0 atom stereocenters. The van der Waals surface area contributed by atoms with Gasteiger partial charge < -0.3 is 4.74 Å². The normalized spacial score (nSPS) is 16.7. The maximum Gasteiger partial charge on any atom is 0.265 e. The van der Waals surface area contributed by atoms with Crippen molar-refractivity contribution in [1.29, 1.82) is 0 Å². The molecule has 0 saturated carbocycles. The Morgan fingerprint density at radius 1 is 1.04 bits per heavy atom. The summed E-state index contributed by atoms with van der Waals surface area (Å²) < 4.78 is 29.8. The van der Waals surface area contributed by atoms with E-state index in [0.29, 0.717) is 5.02 Å². The molecular formula is C18H18ClNO5S2. The van der Waals surface area contributed by atoms with Crippen LogP contribution in [0.2, 0.25) is 5.02 Å². The number of hydrogen-bond acceptors (Lipinski definition) is 6. The van der Waals surface area contributed by atoms with Crippen LogP contribution in [-0.4, -0.2) is 37.5 Å². The van der Waals surface area contributed by atoms with Crippen LogP contribution in [0.25, 0.3) is 0 Å². The molecule has 2 aromatic carbocycles. The number of carbonyl (C=O) groups excluding carboxylic acids is 1. The van der Waals surface area contributed by atoms with E-state index >= 15 is 0 Å². The summed E-state index contributed by atoms with van der Waals surface area (Å²) in [6.45, 7) is 0.272. The van der Waals surface area contributed by atoms with Crippen molar-refractivity contribution in [3.05, 3.63) is 53.6 Å². The molecule has 1 saturated heterocycles. The predicted octanol–water partition coefficient (Wildman–Crippen LogP) is 3.32. The third-order valence-corrected chi connectivity index (χ3v) is 8.30. The molecule has 0 bridgehead atoms. The maximum absolute atomic E-state index is 13.2. The molecule has 1 aliphatic rings. The zero-order valence-corrected chi connectivity index (χ0v) is 16.6. The van der Waals surface area contributed by atoms with Crippen molar-refractivity contribution >= 4 is 39.1 Å². The number of sulfone groups is 1. The minimum absolute atomic E-state index is 0.0109. The first-order chi connectivity index (χ1) is 12.9. The van der Waals surface area contributed by atoms with Crippen molar-refractivity contribution in [2.75, 3.05) is 13.2 Å². The number of amides is 1. The zero-order valence-electron chi connectivity index (χ0n) is 14.2. The van der Waals surface area contributed by atoms with Gasteiger partial charge >= 0.3 is 0 Å². The Balaban J connectivity index is 1.88. The molecule has 6 nitrogen and oxygen atoms in total. The SMILES string of the molecule is O=C(NO)C1(S(=O)(=O)c2ccc(Sc3ccc(Cl)cc3)cc2)CCOCC1. The van der Waals surface area contributed by atoms with Gasteiger partial charge in [0.15, 0.2) is 14.6 Å². The summed E-state index contributed by atoms with van der Waals surface area (Å²) in [7, 11) is -4.01. The van der Waals surface area contributed by atoms with Crippen molar-refractivity contribution in [2.24, 2.45) is 0 Å². The van der Waals surface area contributed by atoms with Crippen LogP contribution in [0.3, 0.4) is 0 Å². The first-order valence-electron chi connectivity index (χ1n) is 8.19. The Labute approximate surface area is 166 Å². The summed E-state index contributed by atoms with van der Waals surface area (Å²) in [6, 6.07) is 13.7. The Hall–Kier alpha value is -1.58. The minimum Gasteiger partial charge on any atom is -0.381 e. The second-order valence-corrected chi connectivity index (χ2v) is 9.92. The molecule has 0 spiro atoms. The lowest BCUT2D eigenvalue weighted by Gasteiger charge is -2.34. The molecule has 1 aliphatic heterocycles. The third-order valence-electron chi connectivity index (χ3n) is 4.51. The van der Waals surface area contributed by atoms with E-state index in [4.69, 9.17) is 21.5 Å². The number of nitrogens with one attached hydrogen (secondary N) is 1. The minimum atomic E-state index is -4.01. The maximum atomic E-state index is 13.2. The number of ether oxygens (including phenoxy) is 1. The molecule has 0 aliphatic carbocycles. The number of benzene rings is 2. The fraction of sp³-hybridized carbons (Fsp3) is 0.278. The van der Waals surface area contributed by atoms with Crippen LogP contribution in [0.5, 0.6) is 0 Å². The van der Waals surface area contributed by atoms with Gasteiger partial charge in [-0.05, 0) is 61.4 Å². The standard InChI is InChI=1S/C18H18ClNO5S2/c19-13-1-3-14(4-2-13)26-15-5-7-16(8-6-15)27(23,24)18(17(21)20-22)9-11-25-12-10-18/h1-8,22H,9-12H2,(H,20,21). The summed E-state index contributed by atoms with van der Waals surface area (Å²) in [5.74, 6) is -0.926. The van der Waals surface area contributed by atoms with Gasteiger partial charge in [0, 0.05) is 28.0 Å². The lowest BCUT2D eigenvalue weighted by Crippen LogP contribution is -2.54. The van der Waals surface area contributed by atoms with Gasteiger partial charge in [-0.25, -0.2) is 13.9 Å². The molecule has 1 fully saturated rings. The van der Waals surface area contributed by atoms with E-state index in [0.717, 1.165) is 9.79 Å².